The van der Waals surface area contributed by atoms with E-state index in [1.54, 1.807) is 7.11 Å². The molecule has 1 aromatic heterocycles. The number of rotatable bonds is 4. The van der Waals surface area contributed by atoms with E-state index in [1.807, 2.05) is 11.3 Å². The van der Waals surface area contributed by atoms with Crippen LogP contribution in [0.1, 0.15) is 29.0 Å². The number of fused-ring (bicyclic) bond motifs is 1. The molecule has 3 rings (SSSR count). The largest absolute Gasteiger partial charge is 0.382 e. The fourth-order valence-electron chi connectivity index (χ4n) is 3.36. The van der Waals surface area contributed by atoms with Crippen LogP contribution in [0.15, 0.2) is 12.1 Å². The first-order valence-electron chi connectivity index (χ1n) is 7.20. The standard InChI is InChI=1S/C15H23NO2S/c1-11-3-5-13(19-11)9-16-8-7-15-14(16)6-4-12(18-15)10-17-2/h3,5,12,14-15H,4,6-10H2,1-2H3/t12-,14-,15-/m0/s1. The van der Waals surface area contributed by atoms with Crippen LogP contribution in [0.2, 0.25) is 0 Å². The maximum absolute atomic E-state index is 6.16. The van der Waals surface area contributed by atoms with E-state index < -0.39 is 0 Å². The number of hydrogen-bond donors (Lipinski definition) is 0. The molecular formula is C15H23NO2S. The number of ether oxygens (including phenoxy) is 2. The van der Waals surface area contributed by atoms with E-state index >= 15 is 0 Å². The molecule has 0 spiro atoms. The number of likely N-dealkylation sites (tertiary alicyclic amines) is 1. The number of aryl methyl sites for hydroxylation is 1. The molecule has 0 unspecified atom stereocenters. The Hall–Kier alpha value is -0.420. The fourth-order valence-corrected chi connectivity index (χ4v) is 4.28. The summed E-state index contributed by atoms with van der Waals surface area (Å²) in [6.07, 6.45) is 4.30. The Bertz CT molecular complexity index is 420. The minimum atomic E-state index is 0.315. The van der Waals surface area contributed by atoms with Gasteiger partial charge in [0.25, 0.3) is 0 Å². The van der Waals surface area contributed by atoms with Gasteiger partial charge in [0.2, 0.25) is 0 Å². The smallest absolute Gasteiger partial charge is 0.0813 e. The van der Waals surface area contributed by atoms with Crippen LogP contribution in [0.25, 0.3) is 0 Å². The molecule has 2 saturated heterocycles. The quantitative estimate of drug-likeness (QED) is 0.847. The van der Waals surface area contributed by atoms with Crippen molar-refractivity contribution in [3.8, 4) is 0 Å². The molecular weight excluding hydrogens is 258 g/mol. The third-order valence-electron chi connectivity index (χ3n) is 4.26. The second-order valence-electron chi connectivity index (χ2n) is 5.67. The van der Waals surface area contributed by atoms with Gasteiger partial charge in [-0.25, -0.2) is 0 Å². The molecule has 3 atom stereocenters. The van der Waals surface area contributed by atoms with Gasteiger partial charge in [-0.2, -0.15) is 0 Å². The van der Waals surface area contributed by atoms with Gasteiger partial charge in [-0.3, -0.25) is 4.90 Å². The first-order chi connectivity index (χ1) is 9.26. The molecule has 0 aliphatic carbocycles. The second-order valence-corrected chi connectivity index (χ2v) is 7.04. The molecule has 3 nitrogen and oxygen atoms in total. The van der Waals surface area contributed by atoms with Gasteiger partial charge in [-0.05, 0) is 38.3 Å². The lowest BCUT2D eigenvalue weighted by Gasteiger charge is -2.35. The highest BCUT2D eigenvalue weighted by Crippen LogP contribution is 2.33. The van der Waals surface area contributed by atoms with Crippen LogP contribution in [0.3, 0.4) is 0 Å². The van der Waals surface area contributed by atoms with Crippen molar-refractivity contribution < 1.29 is 9.47 Å². The first kappa shape index (κ1) is 13.6. The Morgan fingerprint density at radius 3 is 3.00 bits per heavy atom. The second kappa shape index (κ2) is 5.92. The van der Waals surface area contributed by atoms with Gasteiger partial charge in [0.05, 0.1) is 18.8 Å². The molecule has 0 saturated carbocycles. The van der Waals surface area contributed by atoms with Gasteiger partial charge < -0.3 is 9.47 Å². The van der Waals surface area contributed by atoms with Crippen LogP contribution in [0, 0.1) is 6.92 Å². The third kappa shape index (κ3) is 3.02. The molecule has 19 heavy (non-hydrogen) atoms. The summed E-state index contributed by atoms with van der Waals surface area (Å²) in [7, 11) is 1.76. The lowest BCUT2D eigenvalue weighted by molar-refractivity contribution is -0.0938. The van der Waals surface area contributed by atoms with Crippen LogP contribution < -0.4 is 0 Å². The Morgan fingerprint density at radius 1 is 1.37 bits per heavy atom. The monoisotopic (exact) mass is 281 g/mol. The predicted molar refractivity (Wildman–Crippen MR) is 77.6 cm³/mol. The summed E-state index contributed by atoms with van der Waals surface area (Å²) in [6.45, 7) is 5.19. The van der Waals surface area contributed by atoms with Crippen molar-refractivity contribution in [3.63, 3.8) is 0 Å². The Morgan fingerprint density at radius 2 is 2.26 bits per heavy atom. The fraction of sp³-hybridized carbons (Fsp3) is 0.733. The van der Waals surface area contributed by atoms with E-state index in [2.05, 4.69) is 24.0 Å². The highest BCUT2D eigenvalue weighted by molar-refractivity contribution is 7.11. The highest BCUT2D eigenvalue weighted by atomic mass is 32.1. The Kier molecular flexibility index (Phi) is 4.22. The number of methoxy groups -OCH3 is 1. The molecule has 3 heterocycles. The van der Waals surface area contributed by atoms with Crippen molar-refractivity contribution in [1.29, 1.82) is 0 Å². The SMILES string of the molecule is COC[C@@H]1CC[C@H]2[C@H](CCN2Cc2ccc(C)s2)O1. The van der Waals surface area contributed by atoms with Crippen molar-refractivity contribution in [2.45, 2.75) is 51.0 Å². The van der Waals surface area contributed by atoms with Gasteiger partial charge >= 0.3 is 0 Å². The molecule has 4 heteroatoms. The molecule has 0 bridgehead atoms. The molecule has 2 aliphatic heterocycles. The van der Waals surface area contributed by atoms with Crippen molar-refractivity contribution in [3.05, 3.63) is 21.9 Å². The topological polar surface area (TPSA) is 21.7 Å². The summed E-state index contributed by atoms with van der Waals surface area (Å²) >= 11 is 1.92. The van der Waals surface area contributed by atoms with E-state index in [4.69, 9.17) is 9.47 Å². The third-order valence-corrected chi connectivity index (χ3v) is 5.24. The van der Waals surface area contributed by atoms with E-state index in [0.29, 0.717) is 18.2 Å². The average molecular weight is 281 g/mol. The maximum Gasteiger partial charge on any atom is 0.0813 e. The molecule has 0 amide bonds. The maximum atomic E-state index is 6.16. The zero-order chi connectivity index (χ0) is 13.2. The summed E-state index contributed by atoms with van der Waals surface area (Å²) in [4.78, 5) is 5.50. The minimum absolute atomic E-state index is 0.315. The van der Waals surface area contributed by atoms with Crippen LogP contribution in [-0.4, -0.2) is 43.4 Å². The van der Waals surface area contributed by atoms with Crippen molar-refractivity contribution in [2.24, 2.45) is 0 Å². The summed E-state index contributed by atoms with van der Waals surface area (Å²) in [5.74, 6) is 0. The van der Waals surface area contributed by atoms with E-state index in [0.717, 1.165) is 19.6 Å². The van der Waals surface area contributed by atoms with Crippen LogP contribution >= 0.6 is 11.3 Å². The number of nitrogens with zero attached hydrogens (tertiary/aromatic N) is 1. The molecule has 2 fully saturated rings. The summed E-state index contributed by atoms with van der Waals surface area (Å²) in [5.41, 5.74) is 0. The average Bonchev–Trinajstić information content (AvgIpc) is 2.97. The Balaban J connectivity index is 1.58. The molecule has 0 aromatic carbocycles. The summed E-state index contributed by atoms with van der Waals surface area (Å²) in [5, 5.41) is 0. The van der Waals surface area contributed by atoms with Gasteiger partial charge in [-0.15, -0.1) is 11.3 Å². The number of hydrogen-bond acceptors (Lipinski definition) is 4. The summed E-state index contributed by atoms with van der Waals surface area (Å²) < 4.78 is 11.4. The van der Waals surface area contributed by atoms with Crippen molar-refractivity contribution in [2.75, 3.05) is 20.3 Å². The van der Waals surface area contributed by atoms with Crippen molar-refractivity contribution in [1.82, 2.24) is 4.90 Å². The predicted octanol–water partition coefficient (Wildman–Crippen LogP) is 2.82. The normalized spacial score (nSPS) is 31.6. The molecule has 0 N–H and O–H groups in total. The van der Waals surface area contributed by atoms with E-state index in [9.17, 15) is 0 Å². The summed E-state index contributed by atoms with van der Waals surface area (Å²) in [6, 6.07) is 5.11. The van der Waals surface area contributed by atoms with Crippen LogP contribution in [0.4, 0.5) is 0 Å². The van der Waals surface area contributed by atoms with Crippen molar-refractivity contribution >= 4 is 11.3 Å². The number of thiophene rings is 1. The molecule has 106 valence electrons. The first-order valence-corrected chi connectivity index (χ1v) is 8.01. The van der Waals surface area contributed by atoms with Gasteiger partial charge in [-0.1, -0.05) is 0 Å². The lowest BCUT2D eigenvalue weighted by atomic mass is 9.99. The van der Waals surface area contributed by atoms with Gasteiger partial charge in [0.15, 0.2) is 0 Å². The lowest BCUT2D eigenvalue weighted by Crippen LogP contribution is -2.43. The minimum Gasteiger partial charge on any atom is -0.382 e. The zero-order valence-electron chi connectivity index (χ0n) is 11.8. The molecule has 1 aromatic rings. The van der Waals surface area contributed by atoms with E-state index in [1.165, 1.54) is 29.1 Å². The zero-order valence-corrected chi connectivity index (χ0v) is 12.6. The van der Waals surface area contributed by atoms with Crippen LogP contribution in [0.5, 0.6) is 0 Å². The van der Waals surface area contributed by atoms with E-state index in [-0.39, 0.29) is 0 Å². The Labute approximate surface area is 119 Å². The van der Waals surface area contributed by atoms with Gasteiger partial charge in [0.1, 0.15) is 0 Å². The van der Waals surface area contributed by atoms with Crippen LogP contribution in [-0.2, 0) is 16.0 Å². The molecule has 0 radical (unpaired) electrons. The molecule has 2 aliphatic rings. The van der Waals surface area contributed by atoms with Gasteiger partial charge in [0, 0.05) is 36.0 Å². The highest BCUT2D eigenvalue weighted by Gasteiger charge is 2.39.